The Kier molecular flexibility index (Phi) is 4.74. The summed E-state index contributed by atoms with van der Waals surface area (Å²) in [4.78, 5) is 12.2. The lowest BCUT2D eigenvalue weighted by Crippen LogP contribution is -2.50. The predicted octanol–water partition coefficient (Wildman–Crippen LogP) is 3.23. The molecule has 1 N–H and O–H groups in total. The average molecular weight is 311 g/mol. The van der Waals surface area contributed by atoms with Gasteiger partial charge in [0.1, 0.15) is 0 Å². The molecule has 4 nitrogen and oxygen atoms in total. The van der Waals surface area contributed by atoms with Gasteiger partial charge in [-0.15, -0.1) is 0 Å². The first-order valence-corrected chi connectivity index (χ1v) is 7.83. The zero-order valence-corrected chi connectivity index (χ0v) is 13.4. The Morgan fingerprint density at radius 2 is 1.78 bits per heavy atom. The van der Waals surface area contributed by atoms with Crippen LogP contribution in [-0.2, 0) is 9.47 Å². The molecule has 2 aromatic rings. The van der Waals surface area contributed by atoms with Crippen LogP contribution >= 0.6 is 0 Å². The van der Waals surface area contributed by atoms with Crippen molar-refractivity contribution in [3.63, 3.8) is 0 Å². The largest absolute Gasteiger partial charge is 0.346 e. The van der Waals surface area contributed by atoms with Crippen molar-refractivity contribution >= 4 is 5.91 Å². The van der Waals surface area contributed by atoms with E-state index in [1.165, 1.54) is 5.56 Å². The third kappa shape index (κ3) is 3.78. The lowest BCUT2D eigenvalue weighted by atomic mass is 10.1. The first-order chi connectivity index (χ1) is 11.1. The Bertz CT molecular complexity index is 654. The minimum Gasteiger partial charge on any atom is -0.346 e. The monoisotopic (exact) mass is 311 g/mol. The van der Waals surface area contributed by atoms with Gasteiger partial charge in [0.05, 0.1) is 18.8 Å². The Morgan fingerprint density at radius 1 is 1.09 bits per heavy atom. The van der Waals surface area contributed by atoms with Gasteiger partial charge in [-0.2, -0.15) is 0 Å². The highest BCUT2D eigenvalue weighted by Gasteiger charge is 2.30. The van der Waals surface area contributed by atoms with Crippen LogP contribution in [0.5, 0.6) is 0 Å². The van der Waals surface area contributed by atoms with E-state index in [4.69, 9.17) is 9.47 Å². The van der Waals surface area contributed by atoms with Gasteiger partial charge in [-0.05, 0) is 26.0 Å². The van der Waals surface area contributed by atoms with Crippen molar-refractivity contribution in [1.29, 1.82) is 0 Å². The van der Waals surface area contributed by atoms with Gasteiger partial charge >= 0.3 is 0 Å². The smallest absolute Gasteiger partial charge is 0.251 e. The molecule has 3 atom stereocenters. The molecule has 0 spiro atoms. The molecule has 3 rings (SSSR count). The fourth-order valence-electron chi connectivity index (χ4n) is 2.55. The van der Waals surface area contributed by atoms with Crippen molar-refractivity contribution in [2.45, 2.75) is 32.3 Å². The Morgan fingerprint density at radius 3 is 2.43 bits per heavy atom. The van der Waals surface area contributed by atoms with Crippen LogP contribution in [0, 0.1) is 6.92 Å². The summed E-state index contributed by atoms with van der Waals surface area (Å²) in [5, 5.41) is 2.98. The number of rotatable bonds is 3. The van der Waals surface area contributed by atoms with E-state index >= 15 is 0 Å². The van der Waals surface area contributed by atoms with Gasteiger partial charge in [0.15, 0.2) is 6.29 Å². The lowest BCUT2D eigenvalue weighted by Gasteiger charge is -2.35. The number of hydrogen-bond donors (Lipinski definition) is 1. The Labute approximate surface area is 136 Å². The van der Waals surface area contributed by atoms with Gasteiger partial charge in [0.25, 0.3) is 5.91 Å². The van der Waals surface area contributed by atoms with Gasteiger partial charge < -0.3 is 14.8 Å². The lowest BCUT2D eigenvalue weighted by molar-refractivity contribution is -0.222. The van der Waals surface area contributed by atoms with E-state index in [9.17, 15) is 4.79 Å². The third-order valence-corrected chi connectivity index (χ3v) is 4.03. The highest BCUT2D eigenvalue weighted by atomic mass is 16.7. The topological polar surface area (TPSA) is 47.6 Å². The second-order valence-electron chi connectivity index (χ2n) is 5.86. The van der Waals surface area contributed by atoms with Crippen LogP contribution in [0.15, 0.2) is 54.6 Å². The highest BCUT2D eigenvalue weighted by Crippen LogP contribution is 2.26. The zero-order chi connectivity index (χ0) is 16.2. The number of amides is 1. The maximum absolute atomic E-state index is 12.2. The number of nitrogens with one attached hydrogen (secondary N) is 1. The summed E-state index contributed by atoms with van der Waals surface area (Å²) in [6.45, 7) is 4.43. The molecule has 1 fully saturated rings. The van der Waals surface area contributed by atoms with Crippen LogP contribution < -0.4 is 5.32 Å². The second-order valence-corrected chi connectivity index (χ2v) is 5.86. The first kappa shape index (κ1) is 15.7. The van der Waals surface area contributed by atoms with Crippen molar-refractivity contribution in [3.05, 3.63) is 71.3 Å². The van der Waals surface area contributed by atoms with E-state index in [2.05, 4.69) is 5.32 Å². The van der Waals surface area contributed by atoms with Crippen LogP contribution in [0.4, 0.5) is 0 Å². The van der Waals surface area contributed by atoms with Crippen LogP contribution in [0.2, 0.25) is 0 Å². The molecule has 0 aliphatic carbocycles. The first-order valence-electron chi connectivity index (χ1n) is 7.83. The van der Waals surface area contributed by atoms with E-state index < -0.39 is 0 Å². The van der Waals surface area contributed by atoms with Crippen LogP contribution in [0.25, 0.3) is 0 Å². The van der Waals surface area contributed by atoms with Gasteiger partial charge in [0, 0.05) is 11.1 Å². The van der Waals surface area contributed by atoms with Crippen LogP contribution in [0.3, 0.4) is 0 Å². The molecule has 0 unspecified atom stereocenters. The van der Waals surface area contributed by atoms with E-state index in [-0.39, 0.29) is 24.3 Å². The van der Waals surface area contributed by atoms with Gasteiger partial charge in [-0.25, -0.2) is 0 Å². The summed E-state index contributed by atoms with van der Waals surface area (Å²) >= 11 is 0. The molecular weight excluding hydrogens is 290 g/mol. The molecule has 4 heteroatoms. The zero-order valence-electron chi connectivity index (χ0n) is 13.4. The molecule has 1 aliphatic heterocycles. The predicted molar refractivity (Wildman–Crippen MR) is 88.1 cm³/mol. The van der Waals surface area contributed by atoms with Crippen molar-refractivity contribution in [2.75, 3.05) is 6.61 Å². The van der Waals surface area contributed by atoms with Crippen molar-refractivity contribution in [2.24, 2.45) is 0 Å². The molecule has 0 aromatic heterocycles. The molecular formula is C19H21NO3. The van der Waals surface area contributed by atoms with E-state index in [0.717, 1.165) is 5.56 Å². The number of carbonyl (C=O) groups excluding carboxylic acids is 1. The SMILES string of the molecule is Cc1ccc([C@H]2OC[C@@H](NC(=O)c3ccccc3)[C@H](C)O2)cc1. The number of benzene rings is 2. The Hall–Kier alpha value is -2.17. The minimum absolute atomic E-state index is 0.108. The van der Waals surface area contributed by atoms with Gasteiger partial charge in [0.2, 0.25) is 0 Å². The molecule has 0 saturated carbocycles. The van der Waals surface area contributed by atoms with E-state index in [0.29, 0.717) is 12.2 Å². The average Bonchev–Trinajstić information content (AvgIpc) is 2.58. The van der Waals surface area contributed by atoms with E-state index in [1.807, 2.05) is 56.3 Å². The molecule has 1 amide bonds. The third-order valence-electron chi connectivity index (χ3n) is 4.03. The Balaban J connectivity index is 1.60. The summed E-state index contributed by atoms with van der Waals surface area (Å²) in [5.74, 6) is -0.108. The number of hydrogen-bond acceptors (Lipinski definition) is 3. The molecule has 1 aliphatic rings. The highest BCUT2D eigenvalue weighted by molar-refractivity contribution is 5.94. The van der Waals surface area contributed by atoms with Crippen molar-refractivity contribution in [1.82, 2.24) is 5.32 Å². The van der Waals surface area contributed by atoms with Crippen molar-refractivity contribution < 1.29 is 14.3 Å². The maximum atomic E-state index is 12.2. The molecule has 1 saturated heterocycles. The number of carbonyl (C=O) groups is 1. The summed E-state index contributed by atoms with van der Waals surface area (Å²) in [7, 11) is 0. The molecule has 0 radical (unpaired) electrons. The van der Waals surface area contributed by atoms with E-state index in [1.54, 1.807) is 12.1 Å². The standard InChI is InChI=1S/C19H21NO3/c1-13-8-10-16(11-9-13)19-22-12-17(14(2)23-19)20-18(21)15-6-4-3-5-7-15/h3-11,14,17,19H,12H2,1-2H3,(H,20,21)/t14-,17+,19-/m0/s1. The second kappa shape index (κ2) is 6.94. The summed E-state index contributed by atoms with van der Waals surface area (Å²) < 4.78 is 11.7. The summed E-state index contributed by atoms with van der Waals surface area (Å²) in [5.41, 5.74) is 2.83. The number of aryl methyl sites for hydroxylation is 1. The quantitative estimate of drug-likeness (QED) is 0.946. The summed E-state index contributed by atoms with van der Waals surface area (Å²) in [6.07, 6.45) is -0.502. The fourth-order valence-corrected chi connectivity index (χ4v) is 2.55. The van der Waals surface area contributed by atoms with Gasteiger partial charge in [-0.3, -0.25) is 4.79 Å². The van der Waals surface area contributed by atoms with Crippen molar-refractivity contribution in [3.8, 4) is 0 Å². The normalized spacial score (nSPS) is 24.2. The van der Waals surface area contributed by atoms with Crippen LogP contribution in [-0.4, -0.2) is 24.7 Å². The summed E-state index contributed by atoms with van der Waals surface area (Å²) in [6, 6.07) is 17.1. The molecule has 0 bridgehead atoms. The molecule has 23 heavy (non-hydrogen) atoms. The molecule has 1 heterocycles. The van der Waals surface area contributed by atoms with Crippen LogP contribution in [0.1, 0.15) is 34.7 Å². The molecule has 2 aromatic carbocycles. The van der Waals surface area contributed by atoms with Gasteiger partial charge in [-0.1, -0.05) is 48.0 Å². The number of ether oxygens (including phenoxy) is 2. The molecule has 120 valence electrons. The maximum Gasteiger partial charge on any atom is 0.251 e. The minimum atomic E-state index is -0.379. The fraction of sp³-hybridized carbons (Fsp3) is 0.316.